The first-order valence-electron chi connectivity index (χ1n) is 12.9. The van der Waals surface area contributed by atoms with E-state index < -0.39 is 0 Å². The summed E-state index contributed by atoms with van der Waals surface area (Å²) in [4.78, 5) is 14.1. The number of benzene rings is 5. The third-order valence-electron chi connectivity index (χ3n) is 7.32. The summed E-state index contributed by atoms with van der Waals surface area (Å²) in [5, 5.41) is 2.31. The molecule has 0 spiro atoms. The number of aromatic nitrogens is 4. The van der Waals surface area contributed by atoms with Gasteiger partial charge < -0.3 is 13.3 Å². The Morgan fingerprint density at radius 3 is 1.65 bits per heavy atom. The predicted molar refractivity (Wildman–Crippen MR) is 154 cm³/mol. The normalized spacial score (nSPS) is 12.0. The summed E-state index contributed by atoms with van der Waals surface area (Å²) in [5.41, 5.74) is 8.10. The van der Waals surface area contributed by atoms with Crippen molar-refractivity contribution in [2.75, 3.05) is 0 Å². The van der Waals surface area contributed by atoms with Gasteiger partial charge in [0.05, 0.1) is 11.0 Å². The molecular weight excluding hydrogens is 500 g/mol. The molecule has 9 aromatic rings. The zero-order valence-corrected chi connectivity index (χ0v) is 20.9. The van der Waals surface area contributed by atoms with Crippen LogP contribution in [0.3, 0.4) is 0 Å². The van der Waals surface area contributed by atoms with Crippen molar-refractivity contribution in [3.63, 3.8) is 0 Å². The van der Waals surface area contributed by atoms with Gasteiger partial charge in [-0.15, -0.1) is 0 Å². The van der Waals surface area contributed by atoms with Crippen LogP contribution in [-0.4, -0.2) is 19.5 Å². The number of oxazole rings is 3. The molecule has 4 aromatic heterocycles. The quantitative estimate of drug-likeness (QED) is 0.233. The minimum absolute atomic E-state index is 0.501. The Morgan fingerprint density at radius 1 is 0.450 bits per heavy atom. The third kappa shape index (κ3) is 3.09. The molecule has 0 radical (unpaired) electrons. The van der Waals surface area contributed by atoms with E-state index >= 15 is 0 Å². The van der Waals surface area contributed by atoms with Crippen LogP contribution in [0.25, 0.3) is 84.0 Å². The molecule has 188 valence electrons. The Bertz CT molecular complexity index is 2320. The lowest BCUT2D eigenvalue weighted by Crippen LogP contribution is -1.93. The van der Waals surface area contributed by atoms with Crippen LogP contribution in [0.15, 0.2) is 122 Å². The van der Waals surface area contributed by atoms with Gasteiger partial charge in [-0.05, 0) is 60.7 Å². The molecule has 0 aliphatic rings. The number of hydrogen-bond donors (Lipinski definition) is 0. The second-order valence-electron chi connectivity index (χ2n) is 9.74. The summed E-state index contributed by atoms with van der Waals surface area (Å²) in [6, 6.07) is 36.4. The van der Waals surface area contributed by atoms with E-state index in [1.54, 1.807) is 0 Å². The van der Waals surface area contributed by atoms with Gasteiger partial charge in [0.2, 0.25) is 11.8 Å². The molecule has 9 rings (SSSR count). The summed E-state index contributed by atoms with van der Waals surface area (Å²) in [6.07, 6.45) is 0. The maximum atomic E-state index is 6.33. The molecule has 0 N–H and O–H groups in total. The van der Waals surface area contributed by atoms with E-state index in [-0.39, 0.29) is 0 Å². The van der Waals surface area contributed by atoms with E-state index in [2.05, 4.69) is 33.8 Å². The van der Waals surface area contributed by atoms with Crippen LogP contribution in [0, 0.1) is 0 Å². The topological polar surface area (TPSA) is 83.0 Å². The number of nitrogens with zero attached hydrogens (tertiary/aromatic N) is 4. The molecule has 0 atom stereocenters. The van der Waals surface area contributed by atoms with Crippen molar-refractivity contribution in [3.05, 3.63) is 109 Å². The summed E-state index contributed by atoms with van der Waals surface area (Å²) >= 11 is 0. The Labute approximate surface area is 225 Å². The third-order valence-corrected chi connectivity index (χ3v) is 7.32. The van der Waals surface area contributed by atoms with Crippen molar-refractivity contribution in [2.24, 2.45) is 0 Å². The standard InChI is InChI=1S/C33H18N4O3/c1-4-10-26-21(7-1)22-8-2-5-11-27(22)37(26)33-36-25-16-14-20(18-30(25)40-33)32-35-24-15-13-19(17-29(24)39-32)31-34-23-9-3-6-12-28(23)38-31/h1-18H. The Morgan fingerprint density at radius 2 is 0.975 bits per heavy atom. The van der Waals surface area contributed by atoms with Gasteiger partial charge in [0.1, 0.15) is 16.6 Å². The molecular formula is C33H18N4O3. The van der Waals surface area contributed by atoms with Gasteiger partial charge in [0.15, 0.2) is 16.7 Å². The smallest absolute Gasteiger partial charge is 0.307 e. The lowest BCUT2D eigenvalue weighted by molar-refractivity contribution is 0.574. The molecule has 40 heavy (non-hydrogen) atoms. The molecule has 7 nitrogen and oxygen atoms in total. The van der Waals surface area contributed by atoms with E-state index in [0.717, 1.165) is 55.1 Å². The van der Waals surface area contributed by atoms with Crippen LogP contribution in [0.5, 0.6) is 0 Å². The first kappa shape index (κ1) is 21.3. The van der Waals surface area contributed by atoms with Crippen molar-refractivity contribution in [1.82, 2.24) is 19.5 Å². The van der Waals surface area contributed by atoms with Crippen molar-refractivity contribution in [3.8, 4) is 28.9 Å². The zero-order valence-electron chi connectivity index (χ0n) is 20.9. The Kier molecular flexibility index (Phi) is 4.20. The van der Waals surface area contributed by atoms with Gasteiger partial charge in [-0.1, -0.05) is 48.5 Å². The fraction of sp³-hybridized carbons (Fsp3) is 0. The van der Waals surface area contributed by atoms with Crippen LogP contribution in [0.4, 0.5) is 0 Å². The summed E-state index contributed by atoms with van der Waals surface area (Å²) in [7, 11) is 0. The average Bonchev–Trinajstić information content (AvgIpc) is 3.78. The molecule has 0 amide bonds. The first-order valence-corrected chi connectivity index (χ1v) is 12.9. The fourth-order valence-corrected chi connectivity index (χ4v) is 5.45. The SMILES string of the molecule is c1ccc2oc(-c3ccc4nc(-c5ccc6nc(-n7c8ccccc8c8ccccc87)oc6c5)oc4c3)nc2c1. The van der Waals surface area contributed by atoms with E-state index in [1.165, 1.54) is 0 Å². The molecule has 7 heteroatoms. The molecule has 4 heterocycles. The van der Waals surface area contributed by atoms with E-state index in [4.69, 9.17) is 23.2 Å². The molecule has 0 unspecified atom stereocenters. The lowest BCUT2D eigenvalue weighted by Gasteiger charge is -2.00. The summed E-state index contributed by atoms with van der Waals surface area (Å²) in [5.74, 6) is 1.04. The molecule has 0 bridgehead atoms. The maximum absolute atomic E-state index is 6.33. The number of hydrogen-bond acceptors (Lipinski definition) is 6. The Balaban J connectivity index is 1.13. The van der Waals surface area contributed by atoms with Crippen LogP contribution in [0.2, 0.25) is 0 Å². The summed E-state index contributed by atoms with van der Waals surface area (Å²) in [6.45, 7) is 0. The van der Waals surface area contributed by atoms with Crippen LogP contribution < -0.4 is 0 Å². The van der Waals surface area contributed by atoms with Gasteiger partial charge in [-0.2, -0.15) is 4.98 Å². The molecule has 0 saturated carbocycles. The second-order valence-corrected chi connectivity index (χ2v) is 9.74. The van der Waals surface area contributed by atoms with Gasteiger partial charge in [-0.25, -0.2) is 9.97 Å². The largest absolute Gasteiger partial charge is 0.436 e. The molecule has 0 aliphatic carbocycles. The minimum Gasteiger partial charge on any atom is -0.436 e. The maximum Gasteiger partial charge on any atom is 0.307 e. The molecule has 0 fully saturated rings. The highest BCUT2D eigenvalue weighted by molar-refractivity contribution is 6.09. The van der Waals surface area contributed by atoms with E-state index in [1.807, 2.05) is 84.9 Å². The van der Waals surface area contributed by atoms with Gasteiger partial charge in [0, 0.05) is 21.9 Å². The van der Waals surface area contributed by atoms with E-state index in [0.29, 0.717) is 29.0 Å². The van der Waals surface area contributed by atoms with Crippen molar-refractivity contribution >= 4 is 55.1 Å². The molecule has 5 aromatic carbocycles. The Hall–Kier alpha value is -5.69. The van der Waals surface area contributed by atoms with Crippen LogP contribution in [0.1, 0.15) is 0 Å². The van der Waals surface area contributed by atoms with Crippen molar-refractivity contribution in [2.45, 2.75) is 0 Å². The number of rotatable bonds is 3. The number of para-hydroxylation sites is 4. The van der Waals surface area contributed by atoms with Gasteiger partial charge in [-0.3, -0.25) is 4.57 Å². The molecule has 0 aliphatic heterocycles. The highest BCUT2D eigenvalue weighted by Crippen LogP contribution is 2.34. The van der Waals surface area contributed by atoms with Gasteiger partial charge in [0.25, 0.3) is 0 Å². The van der Waals surface area contributed by atoms with Crippen LogP contribution >= 0.6 is 0 Å². The van der Waals surface area contributed by atoms with E-state index in [9.17, 15) is 0 Å². The highest BCUT2D eigenvalue weighted by Gasteiger charge is 2.18. The molecule has 0 saturated heterocycles. The zero-order chi connectivity index (χ0) is 26.2. The first-order chi connectivity index (χ1) is 19.8. The van der Waals surface area contributed by atoms with Crippen LogP contribution in [-0.2, 0) is 0 Å². The van der Waals surface area contributed by atoms with Crippen molar-refractivity contribution in [1.29, 1.82) is 0 Å². The highest BCUT2D eigenvalue weighted by atomic mass is 16.4. The minimum atomic E-state index is 0.501. The lowest BCUT2D eigenvalue weighted by atomic mass is 10.2. The summed E-state index contributed by atoms with van der Waals surface area (Å²) < 4.78 is 20.5. The average molecular weight is 519 g/mol. The predicted octanol–water partition coefficient (Wildman–Crippen LogP) is 8.54. The second kappa shape index (κ2) is 7.91. The fourth-order valence-electron chi connectivity index (χ4n) is 5.45. The monoisotopic (exact) mass is 518 g/mol. The number of fused-ring (bicyclic) bond motifs is 6. The van der Waals surface area contributed by atoms with Gasteiger partial charge >= 0.3 is 6.01 Å². The van der Waals surface area contributed by atoms with Crippen molar-refractivity contribution < 1.29 is 13.3 Å².